The smallest absolute Gasteiger partial charge is 0.178 e. The van der Waals surface area contributed by atoms with Crippen molar-refractivity contribution in [3.05, 3.63) is 53.9 Å². The van der Waals surface area contributed by atoms with Crippen molar-refractivity contribution in [3.8, 4) is 0 Å². The van der Waals surface area contributed by atoms with E-state index < -0.39 is 0 Å². The van der Waals surface area contributed by atoms with Crippen molar-refractivity contribution < 1.29 is 0 Å². The fourth-order valence-electron chi connectivity index (χ4n) is 3.95. The number of aromatic nitrogens is 4. The fraction of sp³-hybridized carbons (Fsp3) is 0.476. The highest BCUT2D eigenvalue weighted by Crippen LogP contribution is 2.38. The molecule has 6 nitrogen and oxygen atoms in total. The molecule has 0 spiro atoms. The molecular weight excluding hydrogens is 336 g/mol. The van der Waals surface area contributed by atoms with Gasteiger partial charge in [0.2, 0.25) is 0 Å². The molecule has 1 unspecified atom stereocenters. The monoisotopic (exact) mass is 362 g/mol. The van der Waals surface area contributed by atoms with Crippen LogP contribution in [0.15, 0.2) is 42.5 Å². The van der Waals surface area contributed by atoms with Gasteiger partial charge in [0.1, 0.15) is 5.82 Å². The number of anilines is 1. The first-order valence-electron chi connectivity index (χ1n) is 10.0. The minimum Gasteiger partial charge on any atom is -0.354 e. The average molecular weight is 362 g/mol. The molecule has 1 saturated heterocycles. The van der Waals surface area contributed by atoms with Crippen LogP contribution in [0.4, 0.5) is 5.82 Å². The van der Waals surface area contributed by atoms with Crippen LogP contribution < -0.4 is 4.90 Å². The normalized spacial score (nSPS) is 21.5. The molecule has 1 atom stereocenters. The first-order valence-corrected chi connectivity index (χ1v) is 10.0. The maximum atomic E-state index is 4.89. The Bertz CT molecular complexity index is 917. The van der Waals surface area contributed by atoms with Gasteiger partial charge in [0.05, 0.1) is 0 Å². The molecule has 0 N–H and O–H groups in total. The van der Waals surface area contributed by atoms with E-state index in [1.807, 2.05) is 4.52 Å². The second kappa shape index (κ2) is 6.93. The van der Waals surface area contributed by atoms with Crippen molar-refractivity contribution in [1.29, 1.82) is 0 Å². The molecule has 0 bridgehead atoms. The minimum atomic E-state index is 0.549. The Morgan fingerprint density at radius 2 is 1.78 bits per heavy atom. The van der Waals surface area contributed by atoms with Crippen molar-refractivity contribution in [2.75, 3.05) is 24.5 Å². The molecule has 1 aliphatic heterocycles. The van der Waals surface area contributed by atoms with Gasteiger partial charge in [-0.05, 0) is 43.9 Å². The van der Waals surface area contributed by atoms with E-state index >= 15 is 0 Å². The summed E-state index contributed by atoms with van der Waals surface area (Å²) in [4.78, 5) is 5.00. The Hall–Kier alpha value is -2.47. The number of nitrogens with zero attached hydrogens (tertiary/aromatic N) is 6. The van der Waals surface area contributed by atoms with Gasteiger partial charge in [0, 0.05) is 38.1 Å². The van der Waals surface area contributed by atoms with Crippen LogP contribution in [-0.4, -0.2) is 50.4 Å². The molecule has 3 aromatic rings. The van der Waals surface area contributed by atoms with Crippen molar-refractivity contribution in [2.24, 2.45) is 0 Å². The molecule has 1 aromatic carbocycles. The van der Waals surface area contributed by atoms with E-state index in [2.05, 4.69) is 69.4 Å². The van der Waals surface area contributed by atoms with E-state index in [9.17, 15) is 0 Å². The van der Waals surface area contributed by atoms with E-state index in [-0.39, 0.29) is 0 Å². The third-order valence-electron chi connectivity index (χ3n) is 5.87. The SMILES string of the molecule is CC1CCN(c2ccc3nnc(C4CC4)n3n2)CCN1Cc1ccccc1. The highest BCUT2D eigenvalue weighted by atomic mass is 15.4. The zero-order valence-corrected chi connectivity index (χ0v) is 15.8. The predicted octanol–water partition coefficient (Wildman–Crippen LogP) is 3.10. The lowest BCUT2D eigenvalue weighted by Gasteiger charge is -2.26. The number of fused-ring (bicyclic) bond motifs is 1. The molecule has 1 saturated carbocycles. The lowest BCUT2D eigenvalue weighted by molar-refractivity contribution is 0.212. The maximum absolute atomic E-state index is 4.89. The van der Waals surface area contributed by atoms with Gasteiger partial charge in [-0.15, -0.1) is 15.3 Å². The quantitative estimate of drug-likeness (QED) is 0.714. The average Bonchev–Trinajstić information content (AvgIpc) is 3.48. The van der Waals surface area contributed by atoms with Gasteiger partial charge < -0.3 is 4.90 Å². The van der Waals surface area contributed by atoms with Crippen LogP contribution >= 0.6 is 0 Å². The highest BCUT2D eigenvalue weighted by Gasteiger charge is 2.29. The summed E-state index contributed by atoms with van der Waals surface area (Å²) in [6.45, 7) is 6.43. The molecule has 5 rings (SSSR count). The Balaban J connectivity index is 1.34. The first-order chi connectivity index (χ1) is 13.3. The predicted molar refractivity (Wildman–Crippen MR) is 106 cm³/mol. The van der Waals surface area contributed by atoms with Crippen LogP contribution in [-0.2, 0) is 6.54 Å². The Morgan fingerprint density at radius 1 is 0.926 bits per heavy atom. The Labute approximate surface area is 159 Å². The van der Waals surface area contributed by atoms with Crippen molar-refractivity contribution in [3.63, 3.8) is 0 Å². The second-order valence-electron chi connectivity index (χ2n) is 7.87. The van der Waals surface area contributed by atoms with Crippen molar-refractivity contribution >= 4 is 11.5 Å². The summed E-state index contributed by atoms with van der Waals surface area (Å²) in [7, 11) is 0. The molecule has 3 heterocycles. The number of rotatable bonds is 4. The molecule has 0 radical (unpaired) electrons. The van der Waals surface area contributed by atoms with Gasteiger partial charge in [-0.3, -0.25) is 4.90 Å². The fourth-order valence-corrected chi connectivity index (χ4v) is 3.95. The van der Waals surface area contributed by atoms with E-state index in [0.717, 1.165) is 49.9 Å². The molecule has 140 valence electrons. The molecule has 27 heavy (non-hydrogen) atoms. The number of hydrogen-bond acceptors (Lipinski definition) is 5. The molecular formula is C21H26N6. The Morgan fingerprint density at radius 3 is 2.59 bits per heavy atom. The Kier molecular flexibility index (Phi) is 4.28. The number of hydrogen-bond donors (Lipinski definition) is 0. The topological polar surface area (TPSA) is 49.6 Å². The summed E-state index contributed by atoms with van der Waals surface area (Å²) < 4.78 is 1.96. The highest BCUT2D eigenvalue weighted by molar-refractivity contribution is 5.46. The van der Waals surface area contributed by atoms with Crippen LogP contribution in [0.1, 0.15) is 43.5 Å². The number of benzene rings is 1. The summed E-state index contributed by atoms with van der Waals surface area (Å²) in [5, 5.41) is 13.5. The lowest BCUT2D eigenvalue weighted by atomic mass is 10.1. The first kappa shape index (κ1) is 16.7. The summed E-state index contributed by atoms with van der Waals surface area (Å²) >= 11 is 0. The van der Waals surface area contributed by atoms with Crippen molar-refractivity contribution in [2.45, 2.75) is 44.7 Å². The summed E-state index contributed by atoms with van der Waals surface area (Å²) in [5.74, 6) is 2.62. The third-order valence-corrected chi connectivity index (χ3v) is 5.87. The van der Waals surface area contributed by atoms with Gasteiger partial charge >= 0.3 is 0 Å². The maximum Gasteiger partial charge on any atom is 0.178 e. The summed E-state index contributed by atoms with van der Waals surface area (Å²) in [5.41, 5.74) is 2.24. The zero-order chi connectivity index (χ0) is 18.2. The largest absolute Gasteiger partial charge is 0.354 e. The molecule has 2 fully saturated rings. The van der Waals surface area contributed by atoms with Gasteiger partial charge in [0.15, 0.2) is 11.5 Å². The molecule has 0 amide bonds. The van der Waals surface area contributed by atoms with Crippen LogP contribution in [0.25, 0.3) is 5.65 Å². The molecule has 2 aliphatic rings. The molecule has 6 heteroatoms. The van der Waals surface area contributed by atoms with E-state index in [0.29, 0.717) is 12.0 Å². The zero-order valence-electron chi connectivity index (χ0n) is 15.8. The van der Waals surface area contributed by atoms with E-state index in [4.69, 9.17) is 5.10 Å². The minimum absolute atomic E-state index is 0.549. The van der Waals surface area contributed by atoms with E-state index in [1.54, 1.807) is 0 Å². The standard InChI is InChI=1S/C21H26N6/c1-16-11-12-25(13-14-26(16)15-17-5-3-2-4-6-17)20-10-9-19-22-23-21(18-7-8-18)27(19)24-20/h2-6,9-10,16,18H,7-8,11-15H2,1H3. The second-order valence-corrected chi connectivity index (χ2v) is 7.87. The van der Waals surface area contributed by atoms with Crippen LogP contribution in [0.5, 0.6) is 0 Å². The van der Waals surface area contributed by atoms with Crippen LogP contribution in [0.2, 0.25) is 0 Å². The molecule has 2 aromatic heterocycles. The van der Waals surface area contributed by atoms with Gasteiger partial charge in [-0.25, -0.2) is 0 Å². The lowest BCUT2D eigenvalue weighted by Crippen LogP contribution is -2.34. The van der Waals surface area contributed by atoms with Crippen LogP contribution in [0.3, 0.4) is 0 Å². The summed E-state index contributed by atoms with van der Waals surface area (Å²) in [6, 6.07) is 15.5. The van der Waals surface area contributed by atoms with Crippen molar-refractivity contribution in [1.82, 2.24) is 24.7 Å². The van der Waals surface area contributed by atoms with E-state index in [1.165, 1.54) is 18.4 Å². The molecule has 1 aliphatic carbocycles. The van der Waals surface area contributed by atoms with Gasteiger partial charge in [-0.1, -0.05) is 30.3 Å². The van der Waals surface area contributed by atoms with Gasteiger partial charge in [-0.2, -0.15) is 4.52 Å². The third kappa shape index (κ3) is 3.41. The summed E-state index contributed by atoms with van der Waals surface area (Å²) in [6.07, 6.45) is 3.56. The van der Waals surface area contributed by atoms with Crippen LogP contribution in [0, 0.1) is 0 Å². The van der Waals surface area contributed by atoms with Gasteiger partial charge in [0.25, 0.3) is 0 Å².